The van der Waals surface area contributed by atoms with Gasteiger partial charge in [-0.1, -0.05) is 37.0 Å². The highest BCUT2D eigenvalue weighted by atomic mass is 35.5. The Morgan fingerprint density at radius 1 is 1.31 bits per heavy atom. The van der Waals surface area contributed by atoms with Crippen molar-refractivity contribution in [1.29, 1.82) is 0 Å². The monoisotopic (exact) mass is 260 g/mol. The largest absolute Gasteiger partial charge is 0.491 e. The smallest absolute Gasteiger partial charge is 0.166 e. The highest BCUT2D eigenvalue weighted by molar-refractivity contribution is 6.36. The second kappa shape index (κ2) is 6.12. The fraction of sp³-hybridized carbons (Fsp3) is 0.417. The van der Waals surface area contributed by atoms with Gasteiger partial charge >= 0.3 is 0 Å². The lowest BCUT2D eigenvalue weighted by Crippen LogP contribution is -2.04. The Morgan fingerprint density at radius 3 is 2.56 bits per heavy atom. The van der Waals surface area contributed by atoms with Gasteiger partial charge in [-0.15, -0.1) is 0 Å². The molecule has 0 fully saturated rings. The van der Waals surface area contributed by atoms with E-state index in [0.717, 1.165) is 6.42 Å². The normalized spacial score (nSPS) is 10.2. The molecule has 0 heterocycles. The minimum Gasteiger partial charge on any atom is -0.491 e. The highest BCUT2D eigenvalue weighted by Crippen LogP contribution is 2.33. The van der Waals surface area contributed by atoms with E-state index in [-0.39, 0.29) is 5.78 Å². The number of hydrogen-bond acceptors (Lipinski definition) is 2. The molecule has 0 aliphatic rings. The number of ether oxygens (including phenoxy) is 1. The molecule has 0 saturated heterocycles. The fourth-order valence-electron chi connectivity index (χ4n) is 1.31. The van der Waals surface area contributed by atoms with Crippen LogP contribution in [0.25, 0.3) is 0 Å². The zero-order chi connectivity index (χ0) is 12.1. The predicted molar refractivity (Wildman–Crippen MR) is 66.9 cm³/mol. The molecule has 0 aliphatic heterocycles. The number of Topliss-reactive ketones (excluding diaryl/α,β-unsaturated/α-hetero) is 1. The molecule has 0 aliphatic carbocycles. The molecule has 0 radical (unpaired) electrons. The van der Waals surface area contributed by atoms with Crippen LogP contribution in [0.2, 0.25) is 10.0 Å². The van der Waals surface area contributed by atoms with Crippen LogP contribution in [0.1, 0.15) is 37.0 Å². The third-order valence-corrected chi connectivity index (χ3v) is 2.58. The van der Waals surface area contributed by atoms with Crippen LogP contribution in [0.5, 0.6) is 5.75 Å². The Labute approximate surface area is 106 Å². The second-order valence-electron chi connectivity index (χ2n) is 3.39. The van der Waals surface area contributed by atoms with Gasteiger partial charge < -0.3 is 4.74 Å². The average Bonchev–Trinajstić information content (AvgIpc) is 2.26. The van der Waals surface area contributed by atoms with Crippen molar-refractivity contribution < 1.29 is 9.53 Å². The molecule has 0 unspecified atom stereocenters. The van der Waals surface area contributed by atoms with Gasteiger partial charge in [0.25, 0.3) is 0 Å². The van der Waals surface area contributed by atoms with Crippen LogP contribution in [0.15, 0.2) is 12.1 Å². The molecule has 88 valence electrons. The van der Waals surface area contributed by atoms with Crippen molar-refractivity contribution in [3.63, 3.8) is 0 Å². The molecule has 4 heteroatoms. The zero-order valence-electron chi connectivity index (χ0n) is 9.35. The van der Waals surface area contributed by atoms with Gasteiger partial charge in [-0.25, -0.2) is 0 Å². The second-order valence-corrected chi connectivity index (χ2v) is 4.23. The number of hydrogen-bond donors (Lipinski definition) is 0. The van der Waals surface area contributed by atoms with Gasteiger partial charge in [0, 0.05) is 11.4 Å². The summed E-state index contributed by atoms with van der Waals surface area (Å²) in [5.41, 5.74) is 0.466. The molecule has 1 rings (SSSR count). The van der Waals surface area contributed by atoms with Crippen molar-refractivity contribution in [2.45, 2.75) is 26.7 Å². The zero-order valence-corrected chi connectivity index (χ0v) is 10.9. The molecule has 1 aromatic carbocycles. The van der Waals surface area contributed by atoms with Crippen molar-refractivity contribution in [3.8, 4) is 5.75 Å². The number of ketones is 1. The van der Waals surface area contributed by atoms with Crippen molar-refractivity contribution in [2.75, 3.05) is 6.61 Å². The molecular formula is C12H14Cl2O2. The first-order valence-electron chi connectivity index (χ1n) is 5.25. The maximum Gasteiger partial charge on any atom is 0.166 e. The summed E-state index contributed by atoms with van der Waals surface area (Å²) in [6.07, 6.45) is 1.26. The summed E-state index contributed by atoms with van der Waals surface area (Å²) in [6.45, 7) is 4.32. The van der Waals surface area contributed by atoms with E-state index in [1.807, 2.05) is 6.92 Å². The van der Waals surface area contributed by atoms with E-state index < -0.39 is 0 Å². The van der Waals surface area contributed by atoms with Crippen molar-refractivity contribution in [3.05, 3.63) is 27.7 Å². The van der Waals surface area contributed by atoms with Gasteiger partial charge in [-0.2, -0.15) is 0 Å². The van der Waals surface area contributed by atoms with Gasteiger partial charge in [-0.05, 0) is 18.6 Å². The minimum atomic E-state index is -0.0181. The van der Waals surface area contributed by atoms with Crippen LogP contribution in [-0.2, 0) is 0 Å². The van der Waals surface area contributed by atoms with Crippen molar-refractivity contribution in [1.82, 2.24) is 0 Å². The Balaban J connectivity index is 3.15. The molecule has 0 spiro atoms. The maximum absolute atomic E-state index is 11.7. The summed E-state index contributed by atoms with van der Waals surface area (Å²) < 4.78 is 5.48. The molecule has 0 saturated carbocycles. The van der Waals surface area contributed by atoms with E-state index in [2.05, 4.69) is 0 Å². The summed E-state index contributed by atoms with van der Waals surface area (Å²) in [4.78, 5) is 11.7. The summed E-state index contributed by atoms with van der Waals surface area (Å²) in [5, 5.41) is 0.836. The predicted octanol–water partition coefficient (Wildman–Crippen LogP) is 4.37. The summed E-state index contributed by atoms with van der Waals surface area (Å²) in [7, 11) is 0. The Bertz CT molecular complexity index is 389. The maximum atomic E-state index is 11.7. The minimum absolute atomic E-state index is 0.0181. The quantitative estimate of drug-likeness (QED) is 0.735. The molecule has 0 aromatic heterocycles. The number of carbonyl (C=O) groups excluding carboxylic acids is 1. The fourth-order valence-corrected chi connectivity index (χ4v) is 1.86. The standard InChI is InChI=1S/C12H14Cl2O2/c1-3-5-16-12-9(11(15)4-2)6-8(13)7-10(12)14/h6-7H,3-5H2,1-2H3. The lowest BCUT2D eigenvalue weighted by molar-refractivity contribution is 0.0984. The van der Waals surface area contributed by atoms with Crippen LogP contribution in [0.3, 0.4) is 0 Å². The van der Waals surface area contributed by atoms with E-state index in [0.29, 0.717) is 34.4 Å². The van der Waals surface area contributed by atoms with E-state index >= 15 is 0 Å². The van der Waals surface area contributed by atoms with Crippen LogP contribution < -0.4 is 4.74 Å². The summed E-state index contributed by atoms with van der Waals surface area (Å²) in [6, 6.07) is 3.19. The number of benzene rings is 1. The van der Waals surface area contributed by atoms with Gasteiger partial charge in [0.05, 0.1) is 17.2 Å². The Hall–Kier alpha value is -0.730. The number of halogens is 2. The van der Waals surface area contributed by atoms with Gasteiger partial charge in [0.1, 0.15) is 5.75 Å². The van der Waals surface area contributed by atoms with E-state index in [1.54, 1.807) is 19.1 Å². The molecular weight excluding hydrogens is 247 g/mol. The molecule has 2 nitrogen and oxygen atoms in total. The first kappa shape index (κ1) is 13.3. The number of carbonyl (C=O) groups is 1. The Kier molecular flexibility index (Phi) is 5.10. The molecule has 1 aromatic rings. The molecule has 0 amide bonds. The van der Waals surface area contributed by atoms with Crippen molar-refractivity contribution in [2.24, 2.45) is 0 Å². The molecule has 16 heavy (non-hydrogen) atoms. The summed E-state index contributed by atoms with van der Waals surface area (Å²) in [5.74, 6) is 0.426. The lowest BCUT2D eigenvalue weighted by Gasteiger charge is -2.12. The lowest BCUT2D eigenvalue weighted by atomic mass is 10.1. The molecule has 0 atom stereocenters. The van der Waals surface area contributed by atoms with Crippen LogP contribution >= 0.6 is 23.2 Å². The van der Waals surface area contributed by atoms with E-state index in [1.165, 1.54) is 0 Å². The van der Waals surface area contributed by atoms with Crippen molar-refractivity contribution >= 4 is 29.0 Å². The van der Waals surface area contributed by atoms with Gasteiger partial charge in [0.2, 0.25) is 0 Å². The molecule has 0 bridgehead atoms. The van der Waals surface area contributed by atoms with E-state index in [4.69, 9.17) is 27.9 Å². The first-order valence-corrected chi connectivity index (χ1v) is 6.00. The van der Waals surface area contributed by atoms with Crippen LogP contribution in [0, 0.1) is 0 Å². The van der Waals surface area contributed by atoms with Gasteiger partial charge in [0.15, 0.2) is 5.78 Å². The highest BCUT2D eigenvalue weighted by Gasteiger charge is 2.15. The van der Waals surface area contributed by atoms with E-state index in [9.17, 15) is 4.79 Å². The first-order chi connectivity index (χ1) is 7.60. The number of rotatable bonds is 5. The SMILES string of the molecule is CCCOc1c(Cl)cc(Cl)cc1C(=O)CC. The third kappa shape index (κ3) is 3.13. The average molecular weight is 261 g/mol. The summed E-state index contributed by atoms with van der Waals surface area (Å²) >= 11 is 11.9. The van der Waals surface area contributed by atoms with Gasteiger partial charge in [-0.3, -0.25) is 4.79 Å². The Morgan fingerprint density at radius 2 is 2.00 bits per heavy atom. The third-order valence-electron chi connectivity index (χ3n) is 2.08. The van der Waals surface area contributed by atoms with Crippen LogP contribution in [0.4, 0.5) is 0 Å². The topological polar surface area (TPSA) is 26.3 Å². The van der Waals surface area contributed by atoms with Crippen LogP contribution in [-0.4, -0.2) is 12.4 Å². The molecule has 0 N–H and O–H groups in total.